The van der Waals surface area contributed by atoms with Crippen molar-refractivity contribution >= 4 is 17.5 Å². The van der Waals surface area contributed by atoms with E-state index >= 15 is 0 Å². The van der Waals surface area contributed by atoms with Crippen LogP contribution in [0.4, 0.5) is 0 Å². The fraction of sp³-hybridized carbons (Fsp3) is 0.414. The summed E-state index contributed by atoms with van der Waals surface area (Å²) in [4.78, 5) is 33.4. The fourth-order valence-electron chi connectivity index (χ4n) is 5.71. The van der Waals surface area contributed by atoms with Crippen LogP contribution >= 0.6 is 11.6 Å². The summed E-state index contributed by atoms with van der Waals surface area (Å²) >= 11 is 6.36. The minimum atomic E-state index is -0.481. The molecule has 0 bridgehead atoms. The number of hydrogen-bond acceptors (Lipinski definition) is 4. The first kappa shape index (κ1) is 24.6. The number of fused-ring (bicyclic) bond motifs is 1. The normalized spacial score (nSPS) is 16.9. The van der Waals surface area contributed by atoms with Crippen molar-refractivity contribution in [1.29, 1.82) is 0 Å². The van der Waals surface area contributed by atoms with E-state index in [2.05, 4.69) is 11.1 Å². The molecule has 36 heavy (non-hydrogen) atoms. The van der Waals surface area contributed by atoms with E-state index in [4.69, 9.17) is 16.3 Å². The van der Waals surface area contributed by atoms with Gasteiger partial charge in [-0.2, -0.15) is 4.98 Å². The molecule has 1 saturated carbocycles. The first-order chi connectivity index (χ1) is 17.4. The summed E-state index contributed by atoms with van der Waals surface area (Å²) < 4.78 is 7.95. The number of benzene rings is 2. The maximum atomic E-state index is 13.7. The standard InChI is InChI=1S/C29H32ClN3O3/c1-20(2)32-15-16-33-24(18-29(13-6-7-14-29)22-11-8-12-23(30)17-22)31-27(34)26(25(33)28(32)35)36-19-21-9-4-3-5-10-21/h3-5,8-12,17,20H,6-7,13-16,18-19H2,1-2H3. The van der Waals surface area contributed by atoms with Gasteiger partial charge in [0.2, 0.25) is 5.75 Å². The summed E-state index contributed by atoms with van der Waals surface area (Å²) in [6, 6.07) is 17.7. The van der Waals surface area contributed by atoms with E-state index in [0.29, 0.717) is 36.1 Å². The third-order valence-corrected chi connectivity index (χ3v) is 7.83. The molecular formula is C29H32ClN3O3. The largest absolute Gasteiger partial charge is 0.481 e. The summed E-state index contributed by atoms with van der Waals surface area (Å²) in [6.07, 6.45) is 4.81. The zero-order valence-corrected chi connectivity index (χ0v) is 21.6. The number of hydrogen-bond donors (Lipinski definition) is 0. The van der Waals surface area contributed by atoms with Gasteiger partial charge in [-0.1, -0.05) is 66.9 Å². The maximum absolute atomic E-state index is 13.7. The predicted octanol–water partition coefficient (Wildman–Crippen LogP) is 5.39. The van der Waals surface area contributed by atoms with Crippen molar-refractivity contribution in [3.63, 3.8) is 0 Å². The molecule has 0 saturated heterocycles. The lowest BCUT2D eigenvalue weighted by molar-refractivity contribution is 0.0633. The van der Waals surface area contributed by atoms with Crippen molar-refractivity contribution in [2.75, 3.05) is 6.54 Å². The van der Waals surface area contributed by atoms with Gasteiger partial charge in [-0.15, -0.1) is 0 Å². The molecule has 1 fully saturated rings. The Morgan fingerprint density at radius 2 is 1.78 bits per heavy atom. The Morgan fingerprint density at radius 3 is 2.47 bits per heavy atom. The Morgan fingerprint density at radius 1 is 1.03 bits per heavy atom. The van der Waals surface area contributed by atoms with Gasteiger partial charge in [0, 0.05) is 36.0 Å². The van der Waals surface area contributed by atoms with Crippen molar-refractivity contribution in [1.82, 2.24) is 14.5 Å². The summed E-state index contributed by atoms with van der Waals surface area (Å²) in [5.74, 6) is 0.519. The lowest BCUT2D eigenvalue weighted by Gasteiger charge is -2.36. The zero-order chi connectivity index (χ0) is 25.3. The second kappa shape index (κ2) is 10.1. The van der Waals surface area contributed by atoms with Gasteiger partial charge in [0.15, 0.2) is 5.69 Å². The van der Waals surface area contributed by atoms with E-state index in [1.54, 1.807) is 4.90 Å². The van der Waals surface area contributed by atoms with Gasteiger partial charge < -0.3 is 14.2 Å². The Balaban J connectivity index is 1.58. The van der Waals surface area contributed by atoms with Crippen LogP contribution in [0.25, 0.3) is 0 Å². The smallest absolute Gasteiger partial charge is 0.316 e. The van der Waals surface area contributed by atoms with Crippen LogP contribution in [0.15, 0.2) is 59.4 Å². The number of carbonyl (C=O) groups excluding carboxylic acids is 1. The van der Waals surface area contributed by atoms with E-state index < -0.39 is 5.56 Å². The minimum absolute atomic E-state index is 0.0209. The number of ether oxygens (including phenoxy) is 1. The van der Waals surface area contributed by atoms with E-state index in [1.165, 1.54) is 5.56 Å². The lowest BCUT2D eigenvalue weighted by atomic mass is 9.76. The van der Waals surface area contributed by atoms with Crippen molar-refractivity contribution in [2.24, 2.45) is 0 Å². The van der Waals surface area contributed by atoms with Gasteiger partial charge in [-0.25, -0.2) is 0 Å². The van der Waals surface area contributed by atoms with E-state index in [1.807, 2.05) is 66.9 Å². The highest BCUT2D eigenvalue weighted by Crippen LogP contribution is 2.44. The monoisotopic (exact) mass is 505 g/mol. The van der Waals surface area contributed by atoms with Crippen molar-refractivity contribution < 1.29 is 9.53 Å². The van der Waals surface area contributed by atoms with Crippen LogP contribution in [0.3, 0.4) is 0 Å². The van der Waals surface area contributed by atoms with Gasteiger partial charge in [0.05, 0.1) is 0 Å². The molecule has 2 heterocycles. The van der Waals surface area contributed by atoms with Crippen molar-refractivity contribution in [3.8, 4) is 5.75 Å². The summed E-state index contributed by atoms with van der Waals surface area (Å²) in [5.41, 5.74) is 1.78. The molecule has 3 aromatic rings. The summed E-state index contributed by atoms with van der Waals surface area (Å²) in [6.45, 7) is 5.33. The van der Waals surface area contributed by atoms with Crippen LogP contribution < -0.4 is 10.3 Å². The SMILES string of the molecule is CC(C)N1CCn2c(CC3(c4cccc(Cl)c4)CCCC3)nc(=O)c(OCc3ccccc3)c2C1=O. The van der Waals surface area contributed by atoms with Gasteiger partial charge in [0.1, 0.15) is 12.4 Å². The third-order valence-electron chi connectivity index (χ3n) is 7.59. The number of carbonyl (C=O) groups is 1. The Kier molecular flexibility index (Phi) is 6.89. The molecule has 1 aliphatic carbocycles. The zero-order valence-electron chi connectivity index (χ0n) is 20.9. The average Bonchev–Trinajstić information content (AvgIpc) is 3.34. The molecule has 2 aromatic carbocycles. The number of rotatable bonds is 7. The second-order valence-corrected chi connectivity index (χ2v) is 10.6. The molecule has 7 heteroatoms. The third kappa shape index (κ3) is 4.66. The quantitative estimate of drug-likeness (QED) is 0.431. The first-order valence-corrected chi connectivity index (χ1v) is 13.1. The fourth-order valence-corrected chi connectivity index (χ4v) is 5.90. The summed E-state index contributed by atoms with van der Waals surface area (Å²) in [5, 5.41) is 0.707. The van der Waals surface area contributed by atoms with E-state index in [9.17, 15) is 9.59 Å². The minimum Gasteiger partial charge on any atom is -0.481 e. The number of nitrogens with zero attached hydrogens (tertiary/aromatic N) is 3. The van der Waals surface area contributed by atoms with Crippen molar-refractivity contribution in [2.45, 2.75) is 70.6 Å². The molecule has 2 aliphatic rings. The van der Waals surface area contributed by atoms with Crippen LogP contribution in [-0.2, 0) is 25.0 Å². The molecule has 0 atom stereocenters. The molecule has 5 rings (SSSR count). The highest BCUT2D eigenvalue weighted by atomic mass is 35.5. The molecular weight excluding hydrogens is 474 g/mol. The molecule has 1 aliphatic heterocycles. The van der Waals surface area contributed by atoms with E-state index in [0.717, 1.165) is 31.2 Å². The highest BCUT2D eigenvalue weighted by Gasteiger charge is 2.39. The highest BCUT2D eigenvalue weighted by molar-refractivity contribution is 6.30. The van der Waals surface area contributed by atoms with Gasteiger partial charge in [-0.05, 0) is 49.9 Å². The number of amides is 1. The molecule has 6 nitrogen and oxygen atoms in total. The van der Waals surface area contributed by atoms with Crippen LogP contribution in [0.2, 0.25) is 5.02 Å². The van der Waals surface area contributed by atoms with Gasteiger partial charge in [-0.3, -0.25) is 9.59 Å². The lowest BCUT2D eigenvalue weighted by Crippen LogP contribution is -2.47. The van der Waals surface area contributed by atoms with Crippen LogP contribution in [0, 0.1) is 0 Å². The molecule has 1 amide bonds. The van der Waals surface area contributed by atoms with E-state index in [-0.39, 0.29) is 29.7 Å². The Bertz CT molecular complexity index is 1310. The second-order valence-electron chi connectivity index (χ2n) is 10.2. The maximum Gasteiger partial charge on any atom is 0.316 e. The number of aromatic nitrogens is 2. The van der Waals surface area contributed by atoms with Gasteiger partial charge in [0.25, 0.3) is 5.91 Å². The molecule has 1 aromatic heterocycles. The first-order valence-electron chi connectivity index (χ1n) is 12.8. The molecule has 0 radical (unpaired) electrons. The molecule has 0 N–H and O–H groups in total. The Hall–Kier alpha value is -3.12. The topological polar surface area (TPSA) is 64.4 Å². The van der Waals surface area contributed by atoms with Gasteiger partial charge >= 0.3 is 5.56 Å². The Labute approximate surface area is 216 Å². The average molecular weight is 506 g/mol. The molecule has 0 unspecified atom stereocenters. The summed E-state index contributed by atoms with van der Waals surface area (Å²) in [7, 11) is 0. The molecule has 188 valence electrons. The number of halogens is 1. The molecule has 0 spiro atoms. The van der Waals surface area contributed by atoms with Crippen LogP contribution in [-0.4, -0.2) is 32.9 Å². The van der Waals surface area contributed by atoms with Crippen molar-refractivity contribution in [3.05, 3.63) is 92.6 Å². The predicted molar refractivity (Wildman–Crippen MR) is 141 cm³/mol. The van der Waals surface area contributed by atoms with Crippen LogP contribution in [0.5, 0.6) is 5.75 Å². The van der Waals surface area contributed by atoms with Crippen LogP contribution in [0.1, 0.15) is 67.0 Å².